The molecule has 0 aromatic heterocycles. The molecule has 1 rings (SSSR count). The first kappa shape index (κ1) is 12.0. The van der Waals surface area contributed by atoms with Gasteiger partial charge in [-0.2, -0.15) is 13.2 Å². The second-order valence-electron chi connectivity index (χ2n) is 3.18. The largest absolute Gasteiger partial charge is 0.416 e. The number of methoxy groups -OCH3 is 1. The van der Waals surface area contributed by atoms with Gasteiger partial charge in [-0.3, -0.25) is 0 Å². The van der Waals surface area contributed by atoms with E-state index in [2.05, 4.69) is 0 Å². The zero-order valence-electron chi connectivity index (χ0n) is 8.21. The monoisotopic (exact) mass is 219 g/mol. The summed E-state index contributed by atoms with van der Waals surface area (Å²) in [5.74, 6) is 0. The molecular formula is C10H12F3NO. The minimum atomic E-state index is -4.30. The molecule has 0 saturated carbocycles. The van der Waals surface area contributed by atoms with Crippen LogP contribution in [0.5, 0.6) is 0 Å². The van der Waals surface area contributed by atoms with Crippen molar-refractivity contribution in [2.45, 2.75) is 12.2 Å². The zero-order valence-corrected chi connectivity index (χ0v) is 8.21. The van der Waals surface area contributed by atoms with Gasteiger partial charge in [-0.25, -0.2) is 0 Å². The number of hydrogen-bond donors (Lipinski definition) is 1. The first-order chi connectivity index (χ1) is 6.95. The SMILES string of the molecule is COC[C@@H](N)c1ccc(C(F)(F)F)cc1. The van der Waals surface area contributed by atoms with Crippen molar-refractivity contribution in [3.8, 4) is 0 Å². The molecule has 15 heavy (non-hydrogen) atoms. The molecule has 0 unspecified atom stereocenters. The third-order valence-corrected chi connectivity index (χ3v) is 2.01. The van der Waals surface area contributed by atoms with E-state index in [-0.39, 0.29) is 6.61 Å². The van der Waals surface area contributed by atoms with Crippen LogP contribution in [0.2, 0.25) is 0 Å². The Morgan fingerprint density at radius 2 is 1.80 bits per heavy atom. The summed E-state index contributed by atoms with van der Waals surface area (Å²) in [6, 6.07) is 4.38. The molecule has 0 fully saturated rings. The lowest BCUT2D eigenvalue weighted by Crippen LogP contribution is -2.16. The molecule has 5 heteroatoms. The first-order valence-electron chi connectivity index (χ1n) is 4.37. The molecule has 84 valence electrons. The summed E-state index contributed by atoms with van der Waals surface area (Å²) in [6.45, 7) is 0.283. The van der Waals surface area contributed by atoms with E-state index in [4.69, 9.17) is 10.5 Å². The maximum absolute atomic E-state index is 12.2. The number of benzene rings is 1. The lowest BCUT2D eigenvalue weighted by molar-refractivity contribution is -0.137. The Kier molecular flexibility index (Phi) is 3.71. The van der Waals surface area contributed by atoms with E-state index < -0.39 is 17.8 Å². The van der Waals surface area contributed by atoms with Gasteiger partial charge in [0.05, 0.1) is 18.2 Å². The average Bonchev–Trinajstić information content (AvgIpc) is 2.17. The van der Waals surface area contributed by atoms with Gasteiger partial charge in [-0.15, -0.1) is 0 Å². The maximum Gasteiger partial charge on any atom is 0.416 e. The molecular weight excluding hydrogens is 207 g/mol. The van der Waals surface area contributed by atoms with E-state index in [0.717, 1.165) is 12.1 Å². The predicted molar refractivity (Wildman–Crippen MR) is 50.2 cm³/mol. The highest BCUT2D eigenvalue weighted by Crippen LogP contribution is 2.29. The van der Waals surface area contributed by atoms with Crippen LogP contribution in [-0.2, 0) is 10.9 Å². The van der Waals surface area contributed by atoms with Gasteiger partial charge >= 0.3 is 6.18 Å². The number of alkyl halides is 3. The minimum Gasteiger partial charge on any atom is -0.383 e. The average molecular weight is 219 g/mol. The van der Waals surface area contributed by atoms with Gasteiger partial charge in [0.15, 0.2) is 0 Å². The summed E-state index contributed by atoms with van der Waals surface area (Å²) < 4.78 is 41.4. The highest BCUT2D eigenvalue weighted by molar-refractivity contribution is 5.26. The Labute approximate surface area is 85.8 Å². The molecule has 0 saturated heterocycles. The van der Waals surface area contributed by atoms with Crippen LogP contribution in [-0.4, -0.2) is 13.7 Å². The van der Waals surface area contributed by atoms with Crippen LogP contribution in [0, 0.1) is 0 Å². The van der Waals surface area contributed by atoms with E-state index in [1.54, 1.807) is 0 Å². The molecule has 0 aliphatic heterocycles. The van der Waals surface area contributed by atoms with Gasteiger partial charge in [-0.1, -0.05) is 12.1 Å². The molecule has 0 radical (unpaired) electrons. The molecule has 2 nitrogen and oxygen atoms in total. The van der Waals surface area contributed by atoms with Crippen molar-refractivity contribution in [2.24, 2.45) is 5.73 Å². The summed E-state index contributed by atoms with van der Waals surface area (Å²) >= 11 is 0. The number of ether oxygens (including phenoxy) is 1. The Balaban J connectivity index is 2.81. The van der Waals surface area contributed by atoms with Crippen LogP contribution in [0.25, 0.3) is 0 Å². The molecule has 0 aliphatic rings. The van der Waals surface area contributed by atoms with Crippen molar-refractivity contribution >= 4 is 0 Å². The zero-order chi connectivity index (χ0) is 11.5. The molecule has 1 aromatic carbocycles. The quantitative estimate of drug-likeness (QED) is 0.846. The standard InChI is InChI=1S/C10H12F3NO/c1-15-6-9(14)7-2-4-8(5-3-7)10(11,12)13/h2-5,9H,6,14H2,1H3/t9-/m1/s1. The van der Waals surface area contributed by atoms with E-state index >= 15 is 0 Å². The normalized spacial score (nSPS) is 13.9. The van der Waals surface area contributed by atoms with Crippen LogP contribution in [0.4, 0.5) is 13.2 Å². The van der Waals surface area contributed by atoms with E-state index in [1.165, 1.54) is 19.2 Å². The molecule has 0 bridgehead atoms. The van der Waals surface area contributed by atoms with E-state index in [0.29, 0.717) is 5.56 Å². The van der Waals surface area contributed by atoms with Crippen molar-refractivity contribution in [1.82, 2.24) is 0 Å². The van der Waals surface area contributed by atoms with Gasteiger partial charge in [0, 0.05) is 7.11 Å². The Morgan fingerprint density at radius 3 is 2.20 bits per heavy atom. The Hall–Kier alpha value is -1.07. The lowest BCUT2D eigenvalue weighted by Gasteiger charge is -2.12. The lowest BCUT2D eigenvalue weighted by atomic mass is 10.1. The van der Waals surface area contributed by atoms with Gasteiger partial charge in [0.1, 0.15) is 0 Å². The van der Waals surface area contributed by atoms with E-state index in [9.17, 15) is 13.2 Å². The van der Waals surface area contributed by atoms with Crippen LogP contribution < -0.4 is 5.73 Å². The highest BCUT2D eigenvalue weighted by atomic mass is 19.4. The second-order valence-corrected chi connectivity index (χ2v) is 3.18. The molecule has 2 N–H and O–H groups in total. The third kappa shape index (κ3) is 3.21. The summed E-state index contributed by atoms with van der Waals surface area (Å²) in [4.78, 5) is 0. The maximum atomic E-state index is 12.2. The van der Waals surface area contributed by atoms with Crippen LogP contribution >= 0.6 is 0 Å². The summed E-state index contributed by atoms with van der Waals surface area (Å²) in [5.41, 5.74) is 5.62. The van der Waals surface area contributed by atoms with Crippen LogP contribution in [0.15, 0.2) is 24.3 Å². The van der Waals surface area contributed by atoms with Crippen molar-refractivity contribution in [2.75, 3.05) is 13.7 Å². The van der Waals surface area contributed by atoms with Crippen molar-refractivity contribution in [3.05, 3.63) is 35.4 Å². The fourth-order valence-corrected chi connectivity index (χ4v) is 1.20. The number of hydrogen-bond acceptors (Lipinski definition) is 2. The van der Waals surface area contributed by atoms with Gasteiger partial charge in [-0.05, 0) is 17.7 Å². The Bertz CT molecular complexity index is 307. The van der Waals surface area contributed by atoms with Crippen molar-refractivity contribution < 1.29 is 17.9 Å². The first-order valence-corrected chi connectivity index (χ1v) is 4.37. The number of rotatable bonds is 3. The second kappa shape index (κ2) is 4.63. The van der Waals surface area contributed by atoms with Crippen LogP contribution in [0.1, 0.15) is 17.2 Å². The van der Waals surface area contributed by atoms with E-state index in [1.807, 2.05) is 0 Å². The van der Waals surface area contributed by atoms with Crippen LogP contribution in [0.3, 0.4) is 0 Å². The summed E-state index contributed by atoms with van der Waals surface area (Å²) in [7, 11) is 1.49. The Morgan fingerprint density at radius 1 is 1.27 bits per heavy atom. The van der Waals surface area contributed by atoms with Gasteiger partial charge in [0.2, 0.25) is 0 Å². The summed E-state index contributed by atoms with van der Waals surface area (Å²) in [6.07, 6.45) is -4.30. The molecule has 0 amide bonds. The number of nitrogens with two attached hydrogens (primary N) is 1. The van der Waals surface area contributed by atoms with Gasteiger partial charge in [0.25, 0.3) is 0 Å². The van der Waals surface area contributed by atoms with Gasteiger partial charge < -0.3 is 10.5 Å². The molecule has 0 aliphatic carbocycles. The van der Waals surface area contributed by atoms with Crippen molar-refractivity contribution in [3.63, 3.8) is 0 Å². The third-order valence-electron chi connectivity index (χ3n) is 2.01. The highest BCUT2D eigenvalue weighted by Gasteiger charge is 2.30. The predicted octanol–water partition coefficient (Wildman–Crippen LogP) is 2.35. The fraction of sp³-hybridized carbons (Fsp3) is 0.400. The molecule has 0 spiro atoms. The summed E-state index contributed by atoms with van der Waals surface area (Å²) in [5, 5.41) is 0. The topological polar surface area (TPSA) is 35.2 Å². The smallest absolute Gasteiger partial charge is 0.383 e. The minimum absolute atomic E-state index is 0.283. The van der Waals surface area contributed by atoms with Crippen molar-refractivity contribution in [1.29, 1.82) is 0 Å². The molecule has 1 atom stereocenters. The molecule has 0 heterocycles. The molecule has 1 aromatic rings. The fourth-order valence-electron chi connectivity index (χ4n) is 1.20. The number of halogens is 3.